The maximum Gasteiger partial charge on any atom is 0.191 e. The molecule has 104 valence electrons. The Bertz CT molecular complexity index is 448. The summed E-state index contributed by atoms with van der Waals surface area (Å²) in [6.07, 6.45) is 2.83. The standard InChI is InChI=1S/C13H20ClN5/c1-3-16-13(15-2)18-10-6-8-19(9-10)12-11(14)5-4-7-17-12/h4-5,7,10H,3,6,8-9H2,1-2H3,(H2,15,16,18). The lowest BCUT2D eigenvalue weighted by Crippen LogP contribution is -2.44. The molecule has 0 saturated carbocycles. The molecule has 2 N–H and O–H groups in total. The van der Waals surface area contributed by atoms with E-state index < -0.39 is 0 Å². The van der Waals surface area contributed by atoms with E-state index in [2.05, 4.69) is 32.4 Å². The molecule has 1 aliphatic rings. The van der Waals surface area contributed by atoms with Gasteiger partial charge in [-0.15, -0.1) is 0 Å². The lowest BCUT2D eigenvalue weighted by Gasteiger charge is -2.20. The lowest BCUT2D eigenvalue weighted by atomic mass is 10.3. The van der Waals surface area contributed by atoms with E-state index in [0.717, 1.165) is 37.8 Å². The Morgan fingerprint density at radius 3 is 3.16 bits per heavy atom. The molecule has 0 spiro atoms. The van der Waals surface area contributed by atoms with E-state index in [1.807, 2.05) is 12.1 Å². The van der Waals surface area contributed by atoms with Crippen LogP contribution in [0.2, 0.25) is 5.02 Å². The predicted molar refractivity (Wildman–Crippen MR) is 80.0 cm³/mol. The number of halogens is 1. The number of anilines is 1. The van der Waals surface area contributed by atoms with Crippen molar-refractivity contribution in [2.24, 2.45) is 4.99 Å². The summed E-state index contributed by atoms with van der Waals surface area (Å²) in [7, 11) is 1.79. The fourth-order valence-electron chi connectivity index (χ4n) is 2.24. The molecular formula is C13H20ClN5. The van der Waals surface area contributed by atoms with Gasteiger partial charge in [0.05, 0.1) is 5.02 Å². The monoisotopic (exact) mass is 281 g/mol. The van der Waals surface area contributed by atoms with Crippen LogP contribution < -0.4 is 15.5 Å². The second-order valence-electron chi connectivity index (χ2n) is 4.49. The van der Waals surface area contributed by atoms with Gasteiger partial charge in [-0.05, 0) is 25.5 Å². The average molecular weight is 282 g/mol. The van der Waals surface area contributed by atoms with Crippen LogP contribution in [0.25, 0.3) is 0 Å². The van der Waals surface area contributed by atoms with E-state index in [0.29, 0.717) is 11.1 Å². The average Bonchev–Trinajstić information content (AvgIpc) is 2.87. The number of guanidine groups is 1. The van der Waals surface area contributed by atoms with E-state index in [-0.39, 0.29) is 0 Å². The van der Waals surface area contributed by atoms with Crippen molar-refractivity contribution in [2.75, 3.05) is 31.6 Å². The molecule has 5 nitrogen and oxygen atoms in total. The zero-order valence-corrected chi connectivity index (χ0v) is 12.1. The molecule has 0 radical (unpaired) electrons. The van der Waals surface area contributed by atoms with E-state index >= 15 is 0 Å². The van der Waals surface area contributed by atoms with E-state index in [4.69, 9.17) is 11.6 Å². The zero-order chi connectivity index (χ0) is 13.7. The molecule has 1 aliphatic heterocycles. The van der Waals surface area contributed by atoms with Crippen molar-refractivity contribution in [3.63, 3.8) is 0 Å². The zero-order valence-electron chi connectivity index (χ0n) is 11.4. The molecule has 1 aromatic heterocycles. The van der Waals surface area contributed by atoms with Gasteiger partial charge in [0, 0.05) is 38.9 Å². The van der Waals surface area contributed by atoms with Crippen LogP contribution in [0.4, 0.5) is 5.82 Å². The summed E-state index contributed by atoms with van der Waals surface area (Å²) in [5.74, 6) is 1.72. The van der Waals surface area contributed by atoms with E-state index in [9.17, 15) is 0 Å². The first-order valence-electron chi connectivity index (χ1n) is 6.57. The van der Waals surface area contributed by atoms with Crippen LogP contribution in [0.3, 0.4) is 0 Å². The highest BCUT2D eigenvalue weighted by Crippen LogP contribution is 2.25. The predicted octanol–water partition coefficient (Wildman–Crippen LogP) is 1.50. The SMILES string of the molecule is CCNC(=NC)NC1CCN(c2ncccc2Cl)C1. The normalized spacial score (nSPS) is 19.6. The van der Waals surface area contributed by atoms with Gasteiger partial charge in [-0.2, -0.15) is 0 Å². The number of nitrogens with zero attached hydrogens (tertiary/aromatic N) is 3. The van der Waals surface area contributed by atoms with Gasteiger partial charge in [0.25, 0.3) is 0 Å². The van der Waals surface area contributed by atoms with E-state index in [1.54, 1.807) is 13.2 Å². The molecule has 2 rings (SSSR count). The number of rotatable bonds is 3. The smallest absolute Gasteiger partial charge is 0.191 e. The molecule has 0 bridgehead atoms. The van der Waals surface area contributed by atoms with Gasteiger partial charge in [-0.25, -0.2) is 4.98 Å². The molecule has 1 fully saturated rings. The number of nitrogens with one attached hydrogen (secondary N) is 2. The fraction of sp³-hybridized carbons (Fsp3) is 0.538. The fourth-order valence-corrected chi connectivity index (χ4v) is 2.48. The molecule has 1 saturated heterocycles. The Morgan fingerprint density at radius 1 is 1.63 bits per heavy atom. The van der Waals surface area contributed by atoms with Gasteiger partial charge in [0.1, 0.15) is 5.82 Å². The Morgan fingerprint density at radius 2 is 2.47 bits per heavy atom. The van der Waals surface area contributed by atoms with Crippen molar-refractivity contribution in [3.8, 4) is 0 Å². The van der Waals surface area contributed by atoms with Gasteiger partial charge in [-0.1, -0.05) is 11.6 Å². The highest BCUT2D eigenvalue weighted by Gasteiger charge is 2.25. The van der Waals surface area contributed by atoms with Crippen LogP contribution in [0.1, 0.15) is 13.3 Å². The van der Waals surface area contributed by atoms with Crippen LogP contribution in [0, 0.1) is 0 Å². The third-order valence-electron chi connectivity index (χ3n) is 3.14. The molecule has 1 aromatic rings. The minimum Gasteiger partial charge on any atom is -0.357 e. The minimum atomic E-state index is 0.371. The second-order valence-corrected chi connectivity index (χ2v) is 4.89. The van der Waals surface area contributed by atoms with Crippen molar-refractivity contribution in [3.05, 3.63) is 23.4 Å². The van der Waals surface area contributed by atoms with Gasteiger partial charge >= 0.3 is 0 Å². The van der Waals surface area contributed by atoms with Crippen molar-refractivity contribution >= 4 is 23.4 Å². The van der Waals surface area contributed by atoms with Crippen LogP contribution >= 0.6 is 11.6 Å². The number of hydrogen-bond acceptors (Lipinski definition) is 3. The molecule has 1 unspecified atom stereocenters. The van der Waals surface area contributed by atoms with Crippen LogP contribution in [-0.4, -0.2) is 43.7 Å². The van der Waals surface area contributed by atoms with Crippen LogP contribution in [0.5, 0.6) is 0 Å². The molecule has 0 aromatic carbocycles. The van der Waals surface area contributed by atoms with Crippen molar-refractivity contribution in [2.45, 2.75) is 19.4 Å². The van der Waals surface area contributed by atoms with Gasteiger partial charge in [-0.3, -0.25) is 4.99 Å². The van der Waals surface area contributed by atoms with Crippen LogP contribution in [0.15, 0.2) is 23.3 Å². The summed E-state index contributed by atoms with van der Waals surface area (Å²) in [4.78, 5) is 10.7. The maximum atomic E-state index is 6.17. The van der Waals surface area contributed by atoms with E-state index in [1.165, 1.54) is 0 Å². The first-order chi connectivity index (χ1) is 9.24. The molecule has 2 heterocycles. The minimum absolute atomic E-state index is 0.371. The molecule has 19 heavy (non-hydrogen) atoms. The summed E-state index contributed by atoms with van der Waals surface area (Å²) in [5, 5.41) is 7.32. The summed E-state index contributed by atoms with van der Waals surface area (Å²) >= 11 is 6.17. The molecule has 0 amide bonds. The largest absolute Gasteiger partial charge is 0.357 e. The molecule has 0 aliphatic carbocycles. The highest BCUT2D eigenvalue weighted by atomic mass is 35.5. The van der Waals surface area contributed by atoms with Gasteiger partial charge in [0.15, 0.2) is 5.96 Å². The van der Waals surface area contributed by atoms with Crippen molar-refractivity contribution in [1.82, 2.24) is 15.6 Å². The topological polar surface area (TPSA) is 52.6 Å². The lowest BCUT2D eigenvalue weighted by molar-refractivity contribution is 0.651. The summed E-state index contributed by atoms with van der Waals surface area (Å²) in [6, 6.07) is 4.10. The Kier molecular flexibility index (Phi) is 4.85. The third kappa shape index (κ3) is 3.50. The Balaban J connectivity index is 1.95. The molecular weight excluding hydrogens is 262 g/mol. The van der Waals surface area contributed by atoms with Crippen LogP contribution in [-0.2, 0) is 0 Å². The van der Waals surface area contributed by atoms with Gasteiger partial charge in [0.2, 0.25) is 0 Å². The maximum absolute atomic E-state index is 6.17. The molecule has 1 atom stereocenters. The van der Waals surface area contributed by atoms with Crippen molar-refractivity contribution in [1.29, 1.82) is 0 Å². The number of pyridine rings is 1. The number of aliphatic imine (C=N–C) groups is 1. The Labute approximate surface area is 119 Å². The Hall–Kier alpha value is -1.49. The third-order valence-corrected chi connectivity index (χ3v) is 3.43. The molecule has 6 heteroatoms. The first-order valence-corrected chi connectivity index (χ1v) is 6.95. The second kappa shape index (κ2) is 6.61. The van der Waals surface area contributed by atoms with Gasteiger partial charge < -0.3 is 15.5 Å². The highest BCUT2D eigenvalue weighted by molar-refractivity contribution is 6.32. The summed E-state index contributed by atoms with van der Waals surface area (Å²) in [6.45, 7) is 4.77. The van der Waals surface area contributed by atoms with Crippen molar-refractivity contribution < 1.29 is 0 Å². The summed E-state index contributed by atoms with van der Waals surface area (Å²) in [5.41, 5.74) is 0. The quantitative estimate of drug-likeness (QED) is 0.651. The summed E-state index contributed by atoms with van der Waals surface area (Å²) < 4.78 is 0. The first kappa shape index (κ1) is 13.9. The number of aromatic nitrogens is 1. The number of hydrogen-bond donors (Lipinski definition) is 2.